The smallest absolute Gasteiger partial charge is 0.101 e. The molecule has 86 valence electrons. The number of hydrogen-bond acceptors (Lipinski definition) is 4. The van der Waals surface area contributed by atoms with Crippen molar-refractivity contribution >= 4 is 11.6 Å². The van der Waals surface area contributed by atoms with Crippen LogP contribution < -0.4 is 5.32 Å². The minimum absolute atomic E-state index is 0.413. The second kappa shape index (κ2) is 4.95. The van der Waals surface area contributed by atoms with Crippen molar-refractivity contribution in [3.8, 4) is 11.8 Å². The average molecular weight is 248 g/mol. The first-order valence-electron chi connectivity index (χ1n) is 5.00. The molecule has 2 rings (SSSR count). The van der Waals surface area contributed by atoms with Gasteiger partial charge in [0.1, 0.15) is 6.07 Å². The highest BCUT2D eigenvalue weighted by Crippen LogP contribution is 2.19. The zero-order valence-corrected chi connectivity index (χ0v) is 9.94. The molecular formula is C11H10ClN5. The Balaban J connectivity index is 2.43. The van der Waals surface area contributed by atoms with Crippen LogP contribution >= 0.6 is 11.6 Å². The lowest BCUT2D eigenvalue weighted by Gasteiger charge is -2.06. The van der Waals surface area contributed by atoms with E-state index in [4.69, 9.17) is 16.9 Å². The summed E-state index contributed by atoms with van der Waals surface area (Å²) in [7, 11) is 1.85. The van der Waals surface area contributed by atoms with E-state index in [1.165, 1.54) is 0 Å². The Morgan fingerprint density at radius 3 is 3.00 bits per heavy atom. The number of rotatable bonds is 3. The Morgan fingerprint density at radius 2 is 2.35 bits per heavy atom. The summed E-state index contributed by atoms with van der Waals surface area (Å²) >= 11 is 5.98. The van der Waals surface area contributed by atoms with Gasteiger partial charge in [0.25, 0.3) is 0 Å². The lowest BCUT2D eigenvalue weighted by atomic mass is 10.2. The minimum atomic E-state index is 0.413. The zero-order valence-electron chi connectivity index (χ0n) is 9.18. The van der Waals surface area contributed by atoms with Gasteiger partial charge in [-0.2, -0.15) is 5.26 Å². The van der Waals surface area contributed by atoms with Crippen molar-refractivity contribution in [2.45, 2.75) is 6.54 Å². The summed E-state index contributed by atoms with van der Waals surface area (Å²) in [5.74, 6) is 0. The minimum Gasteiger partial charge on any atom is -0.314 e. The zero-order chi connectivity index (χ0) is 12.3. The summed E-state index contributed by atoms with van der Waals surface area (Å²) in [6.07, 6.45) is 1.68. The summed E-state index contributed by atoms with van der Waals surface area (Å²) < 4.78 is 1.68. The topological polar surface area (TPSA) is 66.5 Å². The lowest BCUT2D eigenvalue weighted by Crippen LogP contribution is -2.11. The maximum atomic E-state index is 8.80. The standard InChI is InChI=1S/C11H10ClN5/c1-14-6-10-7-15-16-17(10)9-3-2-8(5-13)11(12)4-9/h2-4,7,14H,6H2,1H3. The van der Waals surface area contributed by atoms with Gasteiger partial charge < -0.3 is 5.32 Å². The Morgan fingerprint density at radius 1 is 1.53 bits per heavy atom. The lowest BCUT2D eigenvalue weighted by molar-refractivity contribution is 0.714. The van der Waals surface area contributed by atoms with Crippen LogP contribution in [0.2, 0.25) is 5.02 Å². The van der Waals surface area contributed by atoms with Crippen molar-refractivity contribution in [3.05, 3.63) is 40.7 Å². The highest BCUT2D eigenvalue weighted by molar-refractivity contribution is 6.31. The molecule has 0 unspecified atom stereocenters. The van der Waals surface area contributed by atoms with Gasteiger partial charge in [0.2, 0.25) is 0 Å². The van der Waals surface area contributed by atoms with Gasteiger partial charge in [0.05, 0.1) is 28.2 Å². The van der Waals surface area contributed by atoms with Gasteiger partial charge in [-0.05, 0) is 25.2 Å². The first-order chi connectivity index (χ1) is 8.26. The van der Waals surface area contributed by atoms with E-state index < -0.39 is 0 Å². The summed E-state index contributed by atoms with van der Waals surface area (Å²) in [6.45, 7) is 0.657. The highest BCUT2D eigenvalue weighted by atomic mass is 35.5. The van der Waals surface area contributed by atoms with E-state index in [-0.39, 0.29) is 0 Å². The third-order valence-corrected chi connectivity index (χ3v) is 2.61. The highest BCUT2D eigenvalue weighted by Gasteiger charge is 2.07. The van der Waals surface area contributed by atoms with Crippen LogP contribution in [0.3, 0.4) is 0 Å². The van der Waals surface area contributed by atoms with E-state index in [1.807, 2.05) is 13.1 Å². The fraction of sp³-hybridized carbons (Fsp3) is 0.182. The quantitative estimate of drug-likeness (QED) is 0.893. The van der Waals surface area contributed by atoms with Crippen molar-refractivity contribution in [2.24, 2.45) is 0 Å². The molecule has 0 bridgehead atoms. The normalized spacial score (nSPS) is 10.2. The second-order valence-corrected chi connectivity index (χ2v) is 3.85. The van der Waals surface area contributed by atoms with Crippen LogP contribution in [0, 0.1) is 11.3 Å². The molecule has 0 saturated carbocycles. The van der Waals surface area contributed by atoms with E-state index in [2.05, 4.69) is 15.6 Å². The maximum absolute atomic E-state index is 8.80. The molecule has 0 spiro atoms. The number of hydrogen-bond donors (Lipinski definition) is 1. The molecule has 1 aromatic heterocycles. The van der Waals surface area contributed by atoms with Crippen LogP contribution in [0.5, 0.6) is 0 Å². The van der Waals surface area contributed by atoms with Crippen LogP contribution in [-0.4, -0.2) is 22.0 Å². The number of nitriles is 1. The largest absolute Gasteiger partial charge is 0.314 e. The Bertz CT molecular complexity index is 569. The molecule has 1 N–H and O–H groups in total. The fourth-order valence-electron chi connectivity index (χ4n) is 1.50. The van der Waals surface area contributed by atoms with Gasteiger partial charge in [-0.15, -0.1) is 5.10 Å². The summed E-state index contributed by atoms with van der Waals surface area (Å²) in [6, 6.07) is 7.18. The molecule has 5 nitrogen and oxygen atoms in total. The first-order valence-corrected chi connectivity index (χ1v) is 5.38. The van der Waals surface area contributed by atoms with E-state index in [9.17, 15) is 0 Å². The molecule has 0 fully saturated rings. The molecule has 0 saturated heterocycles. The van der Waals surface area contributed by atoms with Crippen molar-refractivity contribution in [1.82, 2.24) is 20.3 Å². The average Bonchev–Trinajstić information content (AvgIpc) is 2.78. The van der Waals surface area contributed by atoms with Crippen LogP contribution in [0.4, 0.5) is 0 Å². The molecule has 0 radical (unpaired) electrons. The van der Waals surface area contributed by atoms with Crippen molar-refractivity contribution < 1.29 is 0 Å². The molecule has 6 heteroatoms. The maximum Gasteiger partial charge on any atom is 0.101 e. The predicted octanol–water partition coefficient (Wildman–Crippen LogP) is 1.51. The van der Waals surface area contributed by atoms with E-state index in [0.29, 0.717) is 17.1 Å². The molecule has 1 aromatic carbocycles. The first kappa shape index (κ1) is 11.6. The van der Waals surface area contributed by atoms with Gasteiger partial charge in [-0.1, -0.05) is 16.8 Å². The molecule has 0 aliphatic rings. The van der Waals surface area contributed by atoms with Crippen molar-refractivity contribution in [2.75, 3.05) is 7.05 Å². The van der Waals surface area contributed by atoms with E-state index in [1.54, 1.807) is 29.1 Å². The van der Waals surface area contributed by atoms with Gasteiger partial charge in [0.15, 0.2) is 0 Å². The van der Waals surface area contributed by atoms with Crippen molar-refractivity contribution in [3.63, 3.8) is 0 Å². The van der Waals surface area contributed by atoms with Crippen LogP contribution in [-0.2, 0) is 6.54 Å². The number of halogens is 1. The number of nitrogens with zero attached hydrogens (tertiary/aromatic N) is 4. The number of nitrogens with one attached hydrogen (secondary N) is 1. The number of benzene rings is 1. The third-order valence-electron chi connectivity index (χ3n) is 2.30. The molecule has 0 atom stereocenters. The Kier molecular flexibility index (Phi) is 3.38. The third kappa shape index (κ3) is 2.28. The summed E-state index contributed by atoms with van der Waals surface area (Å²) in [4.78, 5) is 0. The Hall–Kier alpha value is -1.90. The van der Waals surface area contributed by atoms with Gasteiger partial charge in [-0.25, -0.2) is 4.68 Å². The summed E-state index contributed by atoms with van der Waals surface area (Å²) in [5.41, 5.74) is 2.16. The monoisotopic (exact) mass is 247 g/mol. The van der Waals surface area contributed by atoms with Gasteiger partial charge in [-0.3, -0.25) is 0 Å². The van der Waals surface area contributed by atoms with Crippen LogP contribution in [0.1, 0.15) is 11.3 Å². The van der Waals surface area contributed by atoms with Gasteiger partial charge in [0, 0.05) is 6.54 Å². The van der Waals surface area contributed by atoms with E-state index >= 15 is 0 Å². The van der Waals surface area contributed by atoms with Gasteiger partial charge >= 0.3 is 0 Å². The predicted molar refractivity (Wildman–Crippen MR) is 63.8 cm³/mol. The molecule has 17 heavy (non-hydrogen) atoms. The molecule has 1 heterocycles. The molecule has 0 aliphatic heterocycles. The van der Waals surface area contributed by atoms with Crippen molar-refractivity contribution in [1.29, 1.82) is 5.26 Å². The molecule has 0 amide bonds. The molecule has 0 aliphatic carbocycles. The molecular weight excluding hydrogens is 238 g/mol. The Labute approximate surface area is 104 Å². The fourth-order valence-corrected chi connectivity index (χ4v) is 1.72. The van der Waals surface area contributed by atoms with Crippen LogP contribution in [0.25, 0.3) is 5.69 Å². The summed E-state index contributed by atoms with van der Waals surface area (Å²) in [5, 5.41) is 20.1. The molecule has 2 aromatic rings. The van der Waals surface area contributed by atoms with E-state index in [0.717, 1.165) is 11.4 Å². The SMILES string of the molecule is CNCc1cnnn1-c1ccc(C#N)c(Cl)c1. The second-order valence-electron chi connectivity index (χ2n) is 3.44. The number of aromatic nitrogens is 3. The van der Waals surface area contributed by atoms with Crippen LogP contribution in [0.15, 0.2) is 24.4 Å².